The molecule has 0 spiro atoms. The zero-order chi connectivity index (χ0) is 8.91. The van der Waals surface area contributed by atoms with Crippen LogP contribution in [0.4, 0.5) is 0 Å². The minimum Gasteiger partial charge on any atom is -0.327 e. The molecule has 66 valence electrons. The van der Waals surface area contributed by atoms with E-state index >= 15 is 0 Å². The van der Waals surface area contributed by atoms with Gasteiger partial charge in [-0.1, -0.05) is 26.8 Å². The van der Waals surface area contributed by atoms with E-state index in [1.165, 1.54) is 0 Å². The minimum absolute atomic E-state index is 0.275. The molecular weight excluding hydrogens is 154 g/mol. The Bertz CT molecular complexity index is 115. The Kier molecular flexibility index (Phi) is 4.86. The van der Waals surface area contributed by atoms with Crippen molar-refractivity contribution >= 4 is 11.8 Å². The van der Waals surface area contributed by atoms with E-state index < -0.39 is 0 Å². The fraction of sp³-hybridized carbons (Fsp3) is 0.778. The summed E-state index contributed by atoms with van der Waals surface area (Å²) in [5.74, 6) is 1.02. The second-order valence-electron chi connectivity index (χ2n) is 3.71. The van der Waals surface area contributed by atoms with Crippen LogP contribution >= 0.6 is 11.8 Å². The second kappa shape index (κ2) is 4.83. The molecule has 0 aromatic heterocycles. The molecule has 0 saturated heterocycles. The lowest BCUT2D eigenvalue weighted by atomic mass is 10.2. The van der Waals surface area contributed by atoms with Gasteiger partial charge >= 0.3 is 0 Å². The lowest BCUT2D eigenvalue weighted by molar-refractivity contribution is 0.749. The normalized spacial score (nSPS) is 14.5. The van der Waals surface area contributed by atoms with Crippen molar-refractivity contribution in [2.75, 3.05) is 5.75 Å². The first-order chi connectivity index (χ1) is 4.95. The average molecular weight is 173 g/mol. The van der Waals surface area contributed by atoms with Crippen LogP contribution in [0.1, 0.15) is 27.2 Å². The third kappa shape index (κ3) is 7.95. The quantitative estimate of drug-likeness (QED) is 0.661. The van der Waals surface area contributed by atoms with E-state index in [2.05, 4.69) is 27.4 Å². The first-order valence-electron chi connectivity index (χ1n) is 3.96. The summed E-state index contributed by atoms with van der Waals surface area (Å²) in [6, 6.07) is 0.275. The Morgan fingerprint density at radius 3 is 2.45 bits per heavy atom. The Morgan fingerprint density at radius 2 is 2.09 bits per heavy atom. The van der Waals surface area contributed by atoms with Gasteiger partial charge in [0.25, 0.3) is 0 Å². The molecule has 0 fully saturated rings. The molecule has 1 unspecified atom stereocenters. The predicted molar refractivity (Wildman–Crippen MR) is 55.0 cm³/mol. The van der Waals surface area contributed by atoms with Crippen LogP contribution in [0.5, 0.6) is 0 Å². The van der Waals surface area contributed by atoms with E-state index in [0.717, 1.165) is 12.2 Å². The zero-order valence-corrected chi connectivity index (χ0v) is 8.58. The smallest absolute Gasteiger partial charge is 0.0165 e. The third-order valence-corrected chi connectivity index (χ3v) is 2.66. The van der Waals surface area contributed by atoms with E-state index in [4.69, 9.17) is 5.73 Å². The van der Waals surface area contributed by atoms with E-state index in [-0.39, 0.29) is 6.04 Å². The molecular formula is C9H19NS. The number of hydrogen-bond donors (Lipinski definition) is 1. The molecule has 0 bridgehead atoms. The monoisotopic (exact) mass is 173 g/mol. The molecule has 0 aliphatic rings. The summed E-state index contributed by atoms with van der Waals surface area (Å²) in [7, 11) is 0. The van der Waals surface area contributed by atoms with Gasteiger partial charge in [0, 0.05) is 16.5 Å². The number of thioether (sulfide) groups is 1. The van der Waals surface area contributed by atoms with Gasteiger partial charge in [-0.15, -0.1) is 6.58 Å². The van der Waals surface area contributed by atoms with E-state index in [0.29, 0.717) is 4.75 Å². The van der Waals surface area contributed by atoms with Gasteiger partial charge in [0.05, 0.1) is 0 Å². The zero-order valence-electron chi connectivity index (χ0n) is 7.76. The molecule has 0 rings (SSSR count). The van der Waals surface area contributed by atoms with Crippen LogP contribution in [-0.2, 0) is 0 Å². The van der Waals surface area contributed by atoms with Crippen molar-refractivity contribution in [3.8, 4) is 0 Å². The van der Waals surface area contributed by atoms with Crippen LogP contribution < -0.4 is 5.73 Å². The van der Waals surface area contributed by atoms with E-state index in [1.54, 1.807) is 0 Å². The van der Waals surface area contributed by atoms with Crippen LogP contribution in [0, 0.1) is 0 Å². The summed E-state index contributed by atoms with van der Waals surface area (Å²) in [6.45, 7) is 10.3. The van der Waals surface area contributed by atoms with Crippen LogP contribution in [0.3, 0.4) is 0 Å². The summed E-state index contributed by atoms with van der Waals surface area (Å²) in [6.07, 6.45) is 2.80. The first-order valence-corrected chi connectivity index (χ1v) is 4.94. The van der Waals surface area contributed by atoms with Gasteiger partial charge in [0.2, 0.25) is 0 Å². The molecule has 0 aromatic rings. The van der Waals surface area contributed by atoms with Gasteiger partial charge in [0.15, 0.2) is 0 Å². The maximum absolute atomic E-state index is 5.80. The van der Waals surface area contributed by atoms with Crippen LogP contribution in [0.25, 0.3) is 0 Å². The van der Waals surface area contributed by atoms with Crippen LogP contribution in [-0.4, -0.2) is 16.5 Å². The number of hydrogen-bond acceptors (Lipinski definition) is 2. The van der Waals surface area contributed by atoms with Crippen LogP contribution in [0.2, 0.25) is 0 Å². The maximum Gasteiger partial charge on any atom is 0.0165 e. The van der Waals surface area contributed by atoms with Gasteiger partial charge in [-0.2, -0.15) is 11.8 Å². The number of nitrogens with two attached hydrogens (primary N) is 1. The molecule has 2 N–H and O–H groups in total. The lowest BCUT2D eigenvalue weighted by Crippen LogP contribution is -2.24. The minimum atomic E-state index is 0.275. The van der Waals surface area contributed by atoms with Crippen molar-refractivity contribution in [3.05, 3.63) is 12.7 Å². The summed E-state index contributed by atoms with van der Waals surface area (Å²) >= 11 is 1.91. The van der Waals surface area contributed by atoms with E-state index in [9.17, 15) is 0 Å². The highest BCUT2D eigenvalue weighted by Crippen LogP contribution is 2.23. The highest BCUT2D eigenvalue weighted by molar-refractivity contribution is 8.00. The summed E-state index contributed by atoms with van der Waals surface area (Å²) in [4.78, 5) is 0. The largest absolute Gasteiger partial charge is 0.327 e. The molecule has 0 radical (unpaired) electrons. The van der Waals surface area contributed by atoms with Crippen molar-refractivity contribution in [3.63, 3.8) is 0 Å². The van der Waals surface area contributed by atoms with Crippen molar-refractivity contribution in [1.29, 1.82) is 0 Å². The molecule has 0 aliphatic heterocycles. The van der Waals surface area contributed by atoms with Gasteiger partial charge in [0.1, 0.15) is 0 Å². The number of rotatable bonds is 4. The topological polar surface area (TPSA) is 26.0 Å². The highest BCUT2D eigenvalue weighted by Gasteiger charge is 2.11. The third-order valence-electron chi connectivity index (χ3n) is 1.20. The van der Waals surface area contributed by atoms with Crippen LogP contribution in [0.15, 0.2) is 12.7 Å². The molecule has 0 aliphatic carbocycles. The fourth-order valence-corrected chi connectivity index (χ4v) is 1.49. The summed E-state index contributed by atoms with van der Waals surface area (Å²) in [5.41, 5.74) is 5.80. The second-order valence-corrected chi connectivity index (χ2v) is 5.55. The Labute approximate surface area is 74.4 Å². The SMILES string of the molecule is C=CCC(N)CSC(C)(C)C. The van der Waals surface area contributed by atoms with Gasteiger partial charge in [-0.3, -0.25) is 0 Å². The Morgan fingerprint density at radius 1 is 1.55 bits per heavy atom. The molecule has 0 aromatic carbocycles. The standard InChI is InChI=1S/C9H19NS/c1-5-6-8(10)7-11-9(2,3)4/h5,8H,1,6-7,10H2,2-4H3. The summed E-state index contributed by atoms with van der Waals surface area (Å²) in [5, 5.41) is 0. The molecule has 0 saturated carbocycles. The molecule has 2 heteroatoms. The Balaban J connectivity index is 3.45. The molecule has 1 nitrogen and oxygen atoms in total. The molecule has 0 heterocycles. The molecule has 0 amide bonds. The maximum atomic E-state index is 5.80. The van der Waals surface area contributed by atoms with E-state index in [1.807, 2.05) is 17.8 Å². The molecule has 11 heavy (non-hydrogen) atoms. The fourth-order valence-electron chi connectivity index (χ4n) is 0.639. The summed E-state index contributed by atoms with van der Waals surface area (Å²) < 4.78 is 0.332. The van der Waals surface area contributed by atoms with Crippen molar-refractivity contribution in [2.45, 2.75) is 38.0 Å². The average Bonchev–Trinajstić information content (AvgIpc) is 1.83. The lowest BCUT2D eigenvalue weighted by Gasteiger charge is -2.19. The first kappa shape index (κ1) is 11.1. The highest BCUT2D eigenvalue weighted by atomic mass is 32.2. The predicted octanol–water partition coefficient (Wildman–Crippen LogP) is 2.42. The van der Waals surface area contributed by atoms with Crippen molar-refractivity contribution < 1.29 is 0 Å². The Hall–Kier alpha value is 0.0500. The van der Waals surface area contributed by atoms with Crippen molar-refractivity contribution in [1.82, 2.24) is 0 Å². The van der Waals surface area contributed by atoms with Gasteiger partial charge in [-0.05, 0) is 6.42 Å². The van der Waals surface area contributed by atoms with Gasteiger partial charge in [-0.25, -0.2) is 0 Å². The van der Waals surface area contributed by atoms with Crippen molar-refractivity contribution in [2.24, 2.45) is 5.73 Å². The van der Waals surface area contributed by atoms with Gasteiger partial charge < -0.3 is 5.73 Å². The molecule has 1 atom stereocenters.